The zero-order chi connectivity index (χ0) is 26.8. The van der Waals surface area contributed by atoms with E-state index < -0.39 is 12.1 Å². The van der Waals surface area contributed by atoms with E-state index in [4.69, 9.17) is 0 Å². The summed E-state index contributed by atoms with van der Waals surface area (Å²) < 4.78 is 1.68. The van der Waals surface area contributed by atoms with Crippen LogP contribution in [-0.2, 0) is 18.4 Å². The molecule has 2 amide bonds. The number of fused-ring (bicyclic) bond motifs is 1. The Morgan fingerprint density at radius 3 is 2.71 bits per heavy atom. The Labute approximate surface area is 220 Å². The maximum atomic E-state index is 13.4. The highest BCUT2D eigenvalue weighted by molar-refractivity contribution is 6.02. The molecule has 4 aromatic rings. The first-order valence-corrected chi connectivity index (χ1v) is 12.3. The first-order chi connectivity index (χ1) is 18.3. The minimum Gasteiger partial charge on any atom is -0.394 e. The van der Waals surface area contributed by atoms with E-state index >= 15 is 0 Å². The monoisotopic (exact) mass is 511 g/mol. The van der Waals surface area contributed by atoms with Crippen LogP contribution < -0.4 is 10.6 Å². The van der Waals surface area contributed by atoms with Gasteiger partial charge in [0.1, 0.15) is 11.9 Å². The average Bonchev–Trinajstić information content (AvgIpc) is 3.48. The smallest absolute Gasteiger partial charge is 0.255 e. The minimum atomic E-state index is -0.717. The van der Waals surface area contributed by atoms with Crippen LogP contribution in [0.2, 0.25) is 0 Å². The van der Waals surface area contributed by atoms with Crippen molar-refractivity contribution in [3.63, 3.8) is 0 Å². The first kappa shape index (κ1) is 25.1. The summed E-state index contributed by atoms with van der Waals surface area (Å²) in [5.41, 5.74) is 4.67. The lowest BCUT2D eigenvalue weighted by molar-refractivity contribution is -0.126. The van der Waals surface area contributed by atoms with Crippen molar-refractivity contribution in [3.8, 4) is 11.3 Å². The molecule has 0 fully saturated rings. The van der Waals surface area contributed by atoms with Crippen LogP contribution in [0.1, 0.15) is 40.0 Å². The molecule has 10 nitrogen and oxygen atoms in total. The number of nitrogens with one attached hydrogen (secondary N) is 2. The molecule has 0 unspecified atom stereocenters. The van der Waals surface area contributed by atoms with Crippen LogP contribution in [-0.4, -0.2) is 54.2 Å². The lowest BCUT2D eigenvalue weighted by atomic mass is 10.0. The first-order valence-electron chi connectivity index (χ1n) is 12.3. The van der Waals surface area contributed by atoms with Gasteiger partial charge < -0.3 is 20.6 Å². The van der Waals surface area contributed by atoms with Gasteiger partial charge >= 0.3 is 0 Å². The third kappa shape index (κ3) is 4.98. The Balaban J connectivity index is 1.31. The Bertz CT molecular complexity index is 1500. The van der Waals surface area contributed by atoms with Crippen molar-refractivity contribution in [3.05, 3.63) is 89.2 Å². The number of rotatable bonds is 8. The number of hydrogen-bond donors (Lipinski definition) is 3. The van der Waals surface area contributed by atoms with Gasteiger partial charge in [0.2, 0.25) is 11.9 Å². The summed E-state index contributed by atoms with van der Waals surface area (Å²) in [6, 6.07) is 15.6. The molecule has 0 radical (unpaired) electrons. The van der Waals surface area contributed by atoms with Crippen LogP contribution in [0.3, 0.4) is 0 Å². The van der Waals surface area contributed by atoms with Gasteiger partial charge in [-0.2, -0.15) is 5.10 Å². The number of benzene rings is 2. The van der Waals surface area contributed by atoms with Crippen LogP contribution in [0.5, 0.6) is 0 Å². The summed E-state index contributed by atoms with van der Waals surface area (Å²) in [4.78, 5) is 36.9. The summed E-state index contributed by atoms with van der Waals surface area (Å²) in [7, 11) is 1.82. The molecule has 3 heterocycles. The van der Waals surface area contributed by atoms with Gasteiger partial charge in [-0.15, -0.1) is 0 Å². The molecule has 10 heteroatoms. The van der Waals surface area contributed by atoms with Crippen molar-refractivity contribution < 1.29 is 14.7 Å². The van der Waals surface area contributed by atoms with Crippen molar-refractivity contribution in [1.29, 1.82) is 0 Å². The molecule has 38 heavy (non-hydrogen) atoms. The molecular formula is C28H29N7O3. The third-order valence-electron chi connectivity index (χ3n) is 6.74. The molecule has 0 saturated heterocycles. The van der Waals surface area contributed by atoms with Crippen LogP contribution >= 0.6 is 0 Å². The Morgan fingerprint density at radius 2 is 1.97 bits per heavy atom. The normalized spacial score (nSPS) is 14.2. The number of nitrogens with zero attached hydrogens (tertiary/aromatic N) is 5. The van der Waals surface area contributed by atoms with E-state index in [1.54, 1.807) is 35.0 Å². The van der Waals surface area contributed by atoms with E-state index in [1.807, 2.05) is 62.5 Å². The van der Waals surface area contributed by atoms with Crippen LogP contribution in [0, 0.1) is 6.92 Å². The van der Waals surface area contributed by atoms with Crippen LogP contribution in [0.4, 0.5) is 11.8 Å². The van der Waals surface area contributed by atoms with Gasteiger partial charge in [0.15, 0.2) is 0 Å². The van der Waals surface area contributed by atoms with Gasteiger partial charge in [0.05, 0.1) is 24.5 Å². The SMILES string of the molecule is Cc1cccc([C@@H](CO)NC(=O)[C@@H](C)N2Cc3ccc(-c4ccnc(Nc5ccnn5C)n4)cc3C2=O)c1. The summed E-state index contributed by atoms with van der Waals surface area (Å²) in [5, 5.41) is 20.0. The molecule has 0 bridgehead atoms. The Kier molecular flexibility index (Phi) is 6.89. The standard InChI is InChI=1S/C28H29N7O3/c1-17-5-4-6-19(13-17)24(16-36)31-26(37)18(2)35-15-21-8-7-20(14-22(21)27(35)38)23-9-11-29-28(32-23)33-25-10-12-30-34(25)3/h4-14,18,24,36H,15-16H2,1-3H3,(H,31,37)(H,29,32,33)/t18-,24-/m1/s1. The predicted molar refractivity (Wildman–Crippen MR) is 142 cm³/mol. The van der Waals surface area contributed by atoms with Crippen molar-refractivity contribution in [2.24, 2.45) is 7.05 Å². The predicted octanol–water partition coefficient (Wildman–Crippen LogP) is 3.12. The molecule has 2 atom stereocenters. The summed E-state index contributed by atoms with van der Waals surface area (Å²) in [6.07, 6.45) is 3.33. The largest absolute Gasteiger partial charge is 0.394 e. The summed E-state index contributed by atoms with van der Waals surface area (Å²) in [6.45, 7) is 3.74. The number of aromatic nitrogens is 4. The molecular weight excluding hydrogens is 482 g/mol. The molecule has 1 aliphatic heterocycles. The lowest BCUT2D eigenvalue weighted by Gasteiger charge is -2.26. The zero-order valence-electron chi connectivity index (χ0n) is 21.4. The topological polar surface area (TPSA) is 125 Å². The quantitative estimate of drug-likeness (QED) is 0.332. The van der Waals surface area contributed by atoms with E-state index in [0.717, 1.165) is 28.1 Å². The van der Waals surface area contributed by atoms with Crippen molar-refractivity contribution in [1.82, 2.24) is 30.0 Å². The van der Waals surface area contributed by atoms with Crippen molar-refractivity contribution >= 4 is 23.6 Å². The van der Waals surface area contributed by atoms with Gasteiger partial charge in [0.25, 0.3) is 5.91 Å². The second-order valence-corrected chi connectivity index (χ2v) is 9.37. The highest BCUT2D eigenvalue weighted by atomic mass is 16.3. The molecule has 1 aliphatic rings. The van der Waals surface area contributed by atoms with Crippen LogP contribution in [0.15, 0.2) is 67.0 Å². The van der Waals surface area contributed by atoms with Crippen molar-refractivity contribution in [2.75, 3.05) is 11.9 Å². The summed E-state index contributed by atoms with van der Waals surface area (Å²) in [5.74, 6) is 0.619. The fraction of sp³-hybridized carbons (Fsp3) is 0.250. The van der Waals surface area contributed by atoms with Gasteiger partial charge in [-0.25, -0.2) is 9.97 Å². The molecule has 5 rings (SSSR count). The molecule has 2 aromatic carbocycles. The second-order valence-electron chi connectivity index (χ2n) is 9.37. The molecule has 2 aromatic heterocycles. The fourth-order valence-corrected chi connectivity index (χ4v) is 4.54. The van der Waals surface area contributed by atoms with Gasteiger partial charge in [-0.3, -0.25) is 14.3 Å². The molecule has 3 N–H and O–H groups in total. The molecule has 0 spiro atoms. The number of aliphatic hydroxyl groups is 1. The number of aliphatic hydroxyl groups excluding tert-OH is 1. The average molecular weight is 512 g/mol. The van der Waals surface area contributed by atoms with Crippen LogP contribution in [0.25, 0.3) is 11.3 Å². The van der Waals surface area contributed by atoms with E-state index in [9.17, 15) is 14.7 Å². The number of carbonyl (C=O) groups excluding carboxylic acids is 2. The van der Waals surface area contributed by atoms with Gasteiger partial charge in [-0.1, -0.05) is 42.0 Å². The van der Waals surface area contributed by atoms with E-state index in [0.29, 0.717) is 23.8 Å². The van der Waals surface area contributed by atoms with E-state index in [2.05, 4.69) is 25.7 Å². The molecule has 0 saturated carbocycles. The lowest BCUT2D eigenvalue weighted by Crippen LogP contribution is -2.46. The molecule has 194 valence electrons. The maximum Gasteiger partial charge on any atom is 0.255 e. The van der Waals surface area contributed by atoms with Gasteiger partial charge in [0, 0.05) is 37.0 Å². The van der Waals surface area contributed by atoms with Gasteiger partial charge in [-0.05, 0) is 37.1 Å². The number of hydrogen-bond acceptors (Lipinski definition) is 7. The summed E-state index contributed by atoms with van der Waals surface area (Å²) >= 11 is 0. The minimum absolute atomic E-state index is 0.220. The fourth-order valence-electron chi connectivity index (χ4n) is 4.54. The number of amides is 2. The molecule has 0 aliphatic carbocycles. The highest BCUT2D eigenvalue weighted by Gasteiger charge is 2.34. The zero-order valence-corrected chi connectivity index (χ0v) is 21.4. The number of carbonyl (C=O) groups is 2. The highest BCUT2D eigenvalue weighted by Crippen LogP contribution is 2.30. The maximum absolute atomic E-state index is 13.4. The second kappa shape index (κ2) is 10.4. The van der Waals surface area contributed by atoms with E-state index in [-0.39, 0.29) is 18.4 Å². The Morgan fingerprint density at radius 1 is 1.13 bits per heavy atom. The third-order valence-corrected chi connectivity index (χ3v) is 6.74. The Hall–Kier alpha value is -4.57. The van der Waals surface area contributed by atoms with E-state index in [1.165, 1.54) is 0 Å². The van der Waals surface area contributed by atoms with Crippen molar-refractivity contribution in [2.45, 2.75) is 32.5 Å². The number of anilines is 2. The number of aryl methyl sites for hydroxylation is 2.